The number of ether oxygens (including phenoxy) is 12. The van der Waals surface area contributed by atoms with Crippen molar-refractivity contribution in [3.63, 3.8) is 0 Å². The van der Waals surface area contributed by atoms with Crippen molar-refractivity contribution in [2.45, 2.75) is 0 Å². The van der Waals surface area contributed by atoms with E-state index in [1.165, 1.54) is 0 Å². The molecule has 0 unspecified atom stereocenters. The van der Waals surface area contributed by atoms with Crippen LogP contribution in [0.1, 0.15) is 10.4 Å². The number of carbonyl (C=O) groups excluding carboxylic acids is 2. The maximum Gasteiger partial charge on any atom is 0.379 e. The summed E-state index contributed by atoms with van der Waals surface area (Å²) in [5.74, 6) is 0.816. The summed E-state index contributed by atoms with van der Waals surface area (Å²) in [7, 11) is 0. The number of terminal acetylenes is 1. The van der Waals surface area contributed by atoms with Gasteiger partial charge in [0.05, 0.1) is 139 Å². The van der Waals surface area contributed by atoms with Crippen LogP contribution in [-0.4, -0.2) is 164 Å². The Hall–Kier alpha value is -2.52. The summed E-state index contributed by atoms with van der Waals surface area (Å²) in [5.41, 5.74) is 0.294. The van der Waals surface area contributed by atoms with Gasteiger partial charge in [-0.15, -0.1) is 6.42 Å². The molecule has 0 aliphatic carbocycles. The van der Waals surface area contributed by atoms with Crippen molar-refractivity contribution >= 4 is 11.8 Å². The van der Waals surface area contributed by atoms with Crippen LogP contribution in [0.15, 0.2) is 30.3 Å². The number of esters is 1. The SMILES string of the molecule is C#CCOCCOCCOCCOCCOCCOCCOCCOCCOCCOCCOCCOC(=O)C(=O)c1ccccc1. The van der Waals surface area contributed by atoms with Crippen molar-refractivity contribution in [1.29, 1.82) is 0 Å². The molecule has 47 heavy (non-hydrogen) atoms. The second kappa shape index (κ2) is 34.8. The van der Waals surface area contributed by atoms with Crippen molar-refractivity contribution in [3.8, 4) is 12.3 Å². The van der Waals surface area contributed by atoms with E-state index in [-0.39, 0.29) is 13.2 Å². The molecule has 0 spiro atoms. The van der Waals surface area contributed by atoms with Gasteiger partial charge in [0.15, 0.2) is 0 Å². The fourth-order valence-corrected chi connectivity index (χ4v) is 3.30. The van der Waals surface area contributed by atoms with Gasteiger partial charge in [0.1, 0.15) is 13.2 Å². The Morgan fingerprint density at radius 3 is 1.00 bits per heavy atom. The summed E-state index contributed by atoms with van der Waals surface area (Å²) in [6.45, 7) is 9.81. The maximum atomic E-state index is 11.9. The van der Waals surface area contributed by atoms with Crippen molar-refractivity contribution < 1.29 is 66.4 Å². The summed E-state index contributed by atoms with van der Waals surface area (Å²) in [5, 5.41) is 0. The average molecular weight is 673 g/mol. The lowest BCUT2D eigenvalue weighted by molar-refractivity contribution is -0.139. The van der Waals surface area contributed by atoms with Crippen LogP contribution < -0.4 is 0 Å². The summed E-state index contributed by atoms with van der Waals surface area (Å²) >= 11 is 0. The van der Waals surface area contributed by atoms with E-state index in [4.69, 9.17) is 63.3 Å². The number of rotatable bonds is 36. The first-order chi connectivity index (χ1) is 23.3. The Morgan fingerprint density at radius 1 is 0.426 bits per heavy atom. The molecule has 0 radical (unpaired) electrons. The van der Waals surface area contributed by atoms with E-state index >= 15 is 0 Å². The van der Waals surface area contributed by atoms with Gasteiger partial charge < -0.3 is 56.8 Å². The van der Waals surface area contributed by atoms with Crippen LogP contribution in [-0.2, 0) is 61.6 Å². The number of hydrogen-bond donors (Lipinski definition) is 0. The fourth-order valence-electron chi connectivity index (χ4n) is 3.30. The molecule has 0 atom stereocenters. The second-order valence-electron chi connectivity index (χ2n) is 9.21. The molecule has 14 heteroatoms. The monoisotopic (exact) mass is 672 g/mol. The zero-order valence-corrected chi connectivity index (χ0v) is 27.4. The van der Waals surface area contributed by atoms with Gasteiger partial charge in [-0.2, -0.15) is 0 Å². The Bertz CT molecular complexity index is 880. The minimum atomic E-state index is -0.899. The predicted molar refractivity (Wildman–Crippen MR) is 170 cm³/mol. The van der Waals surface area contributed by atoms with Gasteiger partial charge in [0, 0.05) is 5.56 Å². The highest BCUT2D eigenvalue weighted by Gasteiger charge is 2.17. The molecule has 1 aromatic rings. The van der Waals surface area contributed by atoms with Gasteiger partial charge >= 0.3 is 5.97 Å². The molecule has 0 fully saturated rings. The van der Waals surface area contributed by atoms with Crippen molar-refractivity contribution in [1.82, 2.24) is 0 Å². The van der Waals surface area contributed by atoms with Crippen LogP contribution >= 0.6 is 0 Å². The van der Waals surface area contributed by atoms with Crippen LogP contribution in [0.3, 0.4) is 0 Å². The first-order valence-corrected chi connectivity index (χ1v) is 15.8. The summed E-state index contributed by atoms with van der Waals surface area (Å²) < 4.78 is 64.2. The topological polar surface area (TPSA) is 145 Å². The quantitative estimate of drug-likeness (QED) is 0.0331. The van der Waals surface area contributed by atoms with Gasteiger partial charge in [-0.3, -0.25) is 4.79 Å². The highest BCUT2D eigenvalue weighted by molar-refractivity contribution is 6.40. The molecule has 268 valence electrons. The zero-order chi connectivity index (χ0) is 33.7. The minimum absolute atomic E-state index is 0.00433. The van der Waals surface area contributed by atoms with E-state index in [1.807, 2.05) is 0 Å². The number of carbonyl (C=O) groups is 2. The van der Waals surface area contributed by atoms with E-state index in [9.17, 15) is 9.59 Å². The van der Waals surface area contributed by atoms with E-state index < -0.39 is 11.8 Å². The highest BCUT2D eigenvalue weighted by Crippen LogP contribution is 2.01. The third kappa shape index (κ3) is 29.4. The van der Waals surface area contributed by atoms with E-state index in [0.717, 1.165) is 0 Å². The highest BCUT2D eigenvalue weighted by atomic mass is 16.6. The molecule has 0 saturated carbocycles. The Kier molecular flexibility index (Phi) is 31.5. The average Bonchev–Trinajstić information content (AvgIpc) is 3.10. The maximum absolute atomic E-state index is 11.9. The third-order valence-electron chi connectivity index (χ3n) is 5.59. The van der Waals surface area contributed by atoms with Crippen molar-refractivity contribution in [2.75, 3.05) is 152 Å². The lowest BCUT2D eigenvalue weighted by atomic mass is 10.1. The van der Waals surface area contributed by atoms with Gasteiger partial charge in [-0.25, -0.2) is 4.79 Å². The standard InChI is InChI=1S/C33H52O14/c1-2-8-36-9-10-37-11-12-38-13-14-39-15-16-40-17-18-41-19-20-42-21-22-43-23-24-44-25-26-45-27-28-46-29-30-47-33(35)32(34)31-6-4-3-5-7-31/h1,3-7H,8-30H2. The number of hydrogen-bond acceptors (Lipinski definition) is 14. The molecular formula is C33H52O14. The van der Waals surface area contributed by atoms with Crippen molar-refractivity contribution in [2.24, 2.45) is 0 Å². The van der Waals surface area contributed by atoms with Crippen LogP contribution in [0, 0.1) is 12.3 Å². The Balaban J connectivity index is 1.66. The zero-order valence-electron chi connectivity index (χ0n) is 27.4. The van der Waals surface area contributed by atoms with Gasteiger partial charge in [0.25, 0.3) is 5.78 Å². The molecule has 0 saturated heterocycles. The molecule has 0 N–H and O–H groups in total. The molecule has 1 rings (SSSR count). The summed E-state index contributed by atoms with van der Waals surface area (Å²) in [4.78, 5) is 23.6. The lowest BCUT2D eigenvalue weighted by Crippen LogP contribution is -2.20. The number of benzene rings is 1. The Labute approximate surface area is 278 Å². The smallest absolute Gasteiger partial charge is 0.379 e. The molecule has 0 aliphatic heterocycles. The first kappa shape index (κ1) is 42.5. The van der Waals surface area contributed by atoms with Crippen LogP contribution in [0.2, 0.25) is 0 Å². The minimum Gasteiger partial charge on any atom is -0.457 e. The largest absolute Gasteiger partial charge is 0.457 e. The van der Waals surface area contributed by atoms with Crippen LogP contribution in [0.5, 0.6) is 0 Å². The van der Waals surface area contributed by atoms with E-state index in [0.29, 0.717) is 144 Å². The van der Waals surface area contributed by atoms with Crippen LogP contribution in [0.25, 0.3) is 0 Å². The third-order valence-corrected chi connectivity index (χ3v) is 5.59. The predicted octanol–water partition coefficient (Wildman–Crippen LogP) is 1.23. The molecule has 0 bridgehead atoms. The normalized spacial score (nSPS) is 11.0. The van der Waals surface area contributed by atoms with E-state index in [1.54, 1.807) is 30.3 Å². The summed E-state index contributed by atoms with van der Waals surface area (Å²) in [6.07, 6.45) is 5.08. The van der Waals surface area contributed by atoms with Crippen molar-refractivity contribution in [3.05, 3.63) is 35.9 Å². The lowest BCUT2D eigenvalue weighted by Gasteiger charge is -2.09. The summed E-state index contributed by atoms with van der Waals surface area (Å²) in [6, 6.07) is 8.25. The molecule has 0 amide bonds. The van der Waals surface area contributed by atoms with Gasteiger partial charge in [-0.1, -0.05) is 36.3 Å². The number of ketones is 1. The Morgan fingerprint density at radius 2 is 0.702 bits per heavy atom. The fraction of sp³-hybridized carbons (Fsp3) is 0.697. The molecular weight excluding hydrogens is 620 g/mol. The van der Waals surface area contributed by atoms with E-state index in [2.05, 4.69) is 5.92 Å². The molecule has 0 aliphatic rings. The van der Waals surface area contributed by atoms with Crippen LogP contribution in [0.4, 0.5) is 0 Å². The molecule has 0 aromatic heterocycles. The molecule has 14 nitrogen and oxygen atoms in total. The first-order valence-electron chi connectivity index (χ1n) is 15.8. The van der Waals surface area contributed by atoms with Gasteiger partial charge in [0.2, 0.25) is 0 Å². The second-order valence-corrected chi connectivity index (χ2v) is 9.21. The number of Topliss-reactive ketones (excluding diaryl/α,β-unsaturated/α-hetero) is 1. The molecule has 0 heterocycles. The molecule has 1 aromatic carbocycles. The van der Waals surface area contributed by atoms with Gasteiger partial charge in [-0.05, 0) is 0 Å².